The Kier molecular flexibility index (Phi) is 4.62. The van der Waals surface area contributed by atoms with E-state index in [0.29, 0.717) is 19.5 Å². The number of amides is 2. The molecule has 2 aliphatic heterocycles. The Morgan fingerprint density at radius 1 is 1.19 bits per heavy atom. The van der Waals surface area contributed by atoms with Crippen molar-refractivity contribution < 1.29 is 9.90 Å². The average molecular weight is 363 g/mol. The number of anilines is 1. The first-order valence-electron chi connectivity index (χ1n) is 9.34. The fourth-order valence-electron chi connectivity index (χ4n) is 3.99. The number of benzene rings is 2. The molecule has 27 heavy (non-hydrogen) atoms. The first-order valence-corrected chi connectivity index (χ1v) is 9.34. The molecule has 2 unspecified atom stereocenters. The number of para-hydroxylation sites is 1. The van der Waals surface area contributed by atoms with E-state index in [1.54, 1.807) is 4.90 Å². The minimum absolute atomic E-state index is 0.110. The molecule has 2 atom stereocenters. The van der Waals surface area contributed by atoms with Gasteiger partial charge in [-0.3, -0.25) is 0 Å². The summed E-state index contributed by atoms with van der Waals surface area (Å²) in [5.74, 6) is 0.112. The van der Waals surface area contributed by atoms with Crippen molar-refractivity contribution in [1.82, 2.24) is 9.80 Å². The summed E-state index contributed by atoms with van der Waals surface area (Å²) in [4.78, 5) is 16.2. The van der Waals surface area contributed by atoms with Crippen molar-refractivity contribution in [1.29, 1.82) is 0 Å². The van der Waals surface area contributed by atoms with Gasteiger partial charge in [0.05, 0.1) is 12.1 Å². The van der Waals surface area contributed by atoms with Gasteiger partial charge < -0.3 is 20.2 Å². The van der Waals surface area contributed by atoms with Crippen molar-refractivity contribution in [2.45, 2.75) is 18.6 Å². The maximum atomic E-state index is 12.3. The Morgan fingerprint density at radius 2 is 1.85 bits per heavy atom. The number of aliphatic hydroxyl groups excluding tert-OH is 1. The fourth-order valence-corrected chi connectivity index (χ4v) is 3.99. The molecule has 4 rings (SSSR count). The van der Waals surface area contributed by atoms with E-state index < -0.39 is 6.10 Å². The highest BCUT2D eigenvalue weighted by Gasteiger charge is 2.39. The van der Waals surface area contributed by atoms with Crippen LogP contribution in [0.2, 0.25) is 0 Å². The number of likely N-dealkylation sites (tertiary alicyclic amines) is 1. The van der Waals surface area contributed by atoms with Crippen LogP contribution in [-0.4, -0.2) is 47.2 Å². The van der Waals surface area contributed by atoms with Crippen LogP contribution in [0.5, 0.6) is 0 Å². The van der Waals surface area contributed by atoms with Crippen molar-refractivity contribution >= 4 is 17.4 Å². The van der Waals surface area contributed by atoms with Crippen molar-refractivity contribution in [2.24, 2.45) is 5.92 Å². The zero-order valence-electron chi connectivity index (χ0n) is 15.5. The normalized spacial score (nSPS) is 20.2. The fraction of sp³-hybridized carbons (Fsp3) is 0.318. The number of urea groups is 1. The number of carbonyl (C=O) groups excluding carboxylic acids is 1. The van der Waals surface area contributed by atoms with E-state index in [0.717, 1.165) is 16.9 Å². The highest BCUT2D eigenvalue weighted by Crippen LogP contribution is 2.42. The summed E-state index contributed by atoms with van der Waals surface area (Å²) >= 11 is 0. The Labute approximate surface area is 159 Å². The first kappa shape index (κ1) is 17.6. The molecule has 0 bridgehead atoms. The summed E-state index contributed by atoms with van der Waals surface area (Å²) in [5.41, 5.74) is 4.17. The van der Waals surface area contributed by atoms with Gasteiger partial charge in [-0.2, -0.15) is 0 Å². The molecule has 2 aromatic rings. The molecule has 5 heteroatoms. The molecule has 1 saturated heterocycles. The van der Waals surface area contributed by atoms with Crippen molar-refractivity contribution in [3.63, 3.8) is 0 Å². The third kappa shape index (κ3) is 3.30. The third-order valence-electron chi connectivity index (χ3n) is 5.75. The van der Waals surface area contributed by atoms with Gasteiger partial charge in [0.15, 0.2) is 0 Å². The van der Waals surface area contributed by atoms with E-state index >= 15 is 0 Å². The summed E-state index contributed by atoms with van der Waals surface area (Å²) in [5, 5.41) is 13.6. The largest absolute Gasteiger partial charge is 0.393 e. The van der Waals surface area contributed by atoms with E-state index in [1.807, 2.05) is 49.5 Å². The van der Waals surface area contributed by atoms with Crippen LogP contribution < -0.4 is 5.32 Å². The smallest absolute Gasteiger partial charge is 0.321 e. The summed E-state index contributed by atoms with van der Waals surface area (Å²) in [6, 6.07) is 17.7. The summed E-state index contributed by atoms with van der Waals surface area (Å²) in [6.45, 7) is 5.34. The number of hydrogen-bond acceptors (Lipinski definition) is 3. The molecule has 2 aliphatic rings. The van der Waals surface area contributed by atoms with Crippen LogP contribution in [-0.2, 0) is 0 Å². The van der Waals surface area contributed by atoms with Gasteiger partial charge in [-0.05, 0) is 24.1 Å². The van der Waals surface area contributed by atoms with Crippen LogP contribution >= 0.6 is 0 Å². The lowest BCUT2D eigenvalue weighted by molar-refractivity contribution is 0.00538. The molecule has 2 heterocycles. The second-order valence-corrected chi connectivity index (χ2v) is 7.42. The van der Waals surface area contributed by atoms with Crippen LogP contribution in [0.15, 0.2) is 61.2 Å². The number of carbonyl (C=O) groups is 1. The maximum Gasteiger partial charge on any atom is 0.321 e. The lowest BCUT2D eigenvalue weighted by atomic mass is 9.88. The summed E-state index contributed by atoms with van der Waals surface area (Å²) in [7, 11) is 2.03. The lowest BCUT2D eigenvalue weighted by Crippen LogP contribution is -2.55. The van der Waals surface area contributed by atoms with Gasteiger partial charge in [-0.15, -0.1) is 0 Å². The van der Waals surface area contributed by atoms with Crippen LogP contribution in [0.25, 0.3) is 5.70 Å². The molecule has 0 aliphatic carbocycles. The molecule has 2 amide bonds. The molecular formula is C22H25N3O2. The lowest BCUT2D eigenvalue weighted by Gasteiger charge is -2.42. The first-order chi connectivity index (χ1) is 13.0. The Morgan fingerprint density at radius 3 is 2.59 bits per heavy atom. The number of hydrogen-bond donors (Lipinski definition) is 2. The molecule has 0 radical (unpaired) electrons. The molecule has 0 aromatic heterocycles. The standard InChI is InChI=1S/C22H25N3O2/c1-15-18-10-6-7-11-19(18)20(24(15)2)12-21(26)16-13-25(14-16)22(27)23-17-8-4-3-5-9-17/h3-11,16,20-21,26H,1,12-14H2,2H3,(H,23,27). The molecule has 2 N–H and O–H groups in total. The zero-order valence-corrected chi connectivity index (χ0v) is 15.5. The number of nitrogens with zero attached hydrogens (tertiary/aromatic N) is 2. The molecule has 0 spiro atoms. The van der Waals surface area contributed by atoms with Crippen molar-refractivity contribution in [3.05, 3.63) is 72.3 Å². The van der Waals surface area contributed by atoms with E-state index in [1.165, 1.54) is 5.56 Å². The van der Waals surface area contributed by atoms with Gasteiger partial charge in [-0.1, -0.05) is 49.0 Å². The Hall–Kier alpha value is -2.79. The summed E-state index contributed by atoms with van der Waals surface area (Å²) in [6.07, 6.45) is 0.197. The van der Waals surface area contributed by atoms with Gasteiger partial charge in [0, 0.05) is 43.0 Å². The van der Waals surface area contributed by atoms with Crippen LogP contribution in [0.4, 0.5) is 10.5 Å². The third-order valence-corrected chi connectivity index (χ3v) is 5.75. The molecule has 140 valence electrons. The van der Waals surface area contributed by atoms with Gasteiger partial charge in [0.2, 0.25) is 0 Å². The van der Waals surface area contributed by atoms with Crippen molar-refractivity contribution in [3.8, 4) is 0 Å². The highest BCUT2D eigenvalue weighted by molar-refractivity contribution is 5.89. The SMILES string of the molecule is C=C1c2ccccc2C(CC(O)C2CN(C(=O)Nc3ccccc3)C2)N1C. The van der Waals surface area contributed by atoms with Crippen LogP contribution in [0.1, 0.15) is 23.6 Å². The zero-order chi connectivity index (χ0) is 19.0. The number of nitrogens with one attached hydrogen (secondary N) is 1. The monoisotopic (exact) mass is 363 g/mol. The van der Waals surface area contributed by atoms with Crippen LogP contribution in [0.3, 0.4) is 0 Å². The molecule has 2 aromatic carbocycles. The molecule has 0 saturated carbocycles. The quantitative estimate of drug-likeness (QED) is 0.873. The van der Waals surface area contributed by atoms with Gasteiger partial charge in [0.1, 0.15) is 0 Å². The average Bonchev–Trinajstić information content (AvgIpc) is 2.87. The highest BCUT2D eigenvalue weighted by atomic mass is 16.3. The van der Waals surface area contributed by atoms with Crippen molar-refractivity contribution in [2.75, 3.05) is 25.5 Å². The van der Waals surface area contributed by atoms with Gasteiger partial charge in [-0.25, -0.2) is 4.79 Å². The van der Waals surface area contributed by atoms with E-state index in [9.17, 15) is 9.90 Å². The molecule has 1 fully saturated rings. The van der Waals surface area contributed by atoms with E-state index in [2.05, 4.69) is 28.9 Å². The summed E-state index contributed by atoms with van der Waals surface area (Å²) < 4.78 is 0. The predicted octanol–water partition coefficient (Wildman–Crippen LogP) is 3.56. The van der Waals surface area contributed by atoms with E-state index in [-0.39, 0.29) is 18.0 Å². The van der Waals surface area contributed by atoms with Gasteiger partial charge in [0.25, 0.3) is 0 Å². The minimum Gasteiger partial charge on any atom is -0.393 e. The molecular weight excluding hydrogens is 338 g/mol. The number of fused-ring (bicyclic) bond motifs is 1. The number of rotatable bonds is 4. The van der Waals surface area contributed by atoms with E-state index in [4.69, 9.17) is 0 Å². The second-order valence-electron chi connectivity index (χ2n) is 7.42. The molecule has 5 nitrogen and oxygen atoms in total. The second kappa shape index (κ2) is 7.08. The predicted molar refractivity (Wildman–Crippen MR) is 107 cm³/mol. The van der Waals surface area contributed by atoms with Crippen LogP contribution in [0, 0.1) is 5.92 Å². The Balaban J connectivity index is 1.33. The number of aliphatic hydroxyl groups is 1. The minimum atomic E-state index is -0.447. The maximum absolute atomic E-state index is 12.3. The Bertz CT molecular complexity index is 846. The van der Waals surface area contributed by atoms with Gasteiger partial charge >= 0.3 is 6.03 Å². The topological polar surface area (TPSA) is 55.8 Å².